The maximum Gasteiger partial charge on any atom is 0.308 e. The summed E-state index contributed by atoms with van der Waals surface area (Å²) >= 11 is 0. The highest BCUT2D eigenvalue weighted by Crippen LogP contribution is 2.07. The Morgan fingerprint density at radius 2 is 1.87 bits per heavy atom. The van der Waals surface area contributed by atoms with Gasteiger partial charge in [-0.1, -0.05) is 31.5 Å². The van der Waals surface area contributed by atoms with E-state index in [1.807, 2.05) is 6.92 Å². The molecule has 0 aliphatic heterocycles. The zero-order chi connectivity index (χ0) is 17.3. The molecule has 0 aliphatic rings. The number of hydrogen-bond acceptors (Lipinski definition) is 4. The molecular weight excluding hydrogens is 320 g/mol. The summed E-state index contributed by atoms with van der Waals surface area (Å²) in [4.78, 5) is 22.8. The third kappa shape index (κ3) is 6.79. The average Bonchev–Trinajstić information content (AvgIpc) is 2.51. The van der Waals surface area contributed by atoms with Gasteiger partial charge in [-0.15, -0.1) is 0 Å². The molecule has 1 atom stereocenters. The van der Waals surface area contributed by atoms with Crippen molar-refractivity contribution in [2.45, 2.75) is 31.1 Å². The van der Waals surface area contributed by atoms with Crippen LogP contribution >= 0.6 is 0 Å². The Morgan fingerprint density at radius 3 is 2.43 bits per heavy atom. The van der Waals surface area contributed by atoms with E-state index in [1.165, 1.54) is 12.1 Å². The van der Waals surface area contributed by atoms with E-state index in [-0.39, 0.29) is 30.3 Å². The highest BCUT2D eigenvalue weighted by Gasteiger charge is 2.17. The molecule has 8 heteroatoms. The molecule has 0 saturated carbocycles. The molecule has 0 radical (unpaired) electrons. The lowest BCUT2D eigenvalue weighted by molar-refractivity contribution is -0.141. The Hall–Kier alpha value is -1.93. The van der Waals surface area contributed by atoms with Crippen molar-refractivity contribution in [1.29, 1.82) is 0 Å². The zero-order valence-corrected chi connectivity index (χ0v) is 13.8. The first-order chi connectivity index (χ1) is 10.9. The molecule has 128 valence electrons. The Balaban J connectivity index is 2.38. The zero-order valence-electron chi connectivity index (χ0n) is 13.0. The van der Waals surface area contributed by atoms with E-state index in [0.717, 1.165) is 0 Å². The molecule has 1 aromatic rings. The highest BCUT2D eigenvalue weighted by atomic mass is 32.2. The number of carbonyl (C=O) groups is 2. The molecule has 1 amide bonds. The third-order valence-electron chi connectivity index (χ3n) is 3.23. The van der Waals surface area contributed by atoms with Gasteiger partial charge in [-0.05, 0) is 18.6 Å². The second-order valence-electron chi connectivity index (χ2n) is 5.09. The third-order valence-corrected chi connectivity index (χ3v) is 4.71. The first-order valence-corrected chi connectivity index (χ1v) is 8.89. The molecular formula is C15H22N2O5S. The van der Waals surface area contributed by atoms with E-state index in [1.54, 1.807) is 18.2 Å². The van der Waals surface area contributed by atoms with E-state index in [4.69, 9.17) is 5.11 Å². The molecule has 0 bridgehead atoms. The Kier molecular flexibility index (Phi) is 7.70. The number of carbonyl (C=O) groups excluding carboxylic acids is 1. The fraction of sp³-hybridized carbons (Fsp3) is 0.467. The lowest BCUT2D eigenvalue weighted by atomic mass is 10.0. The van der Waals surface area contributed by atoms with Crippen molar-refractivity contribution in [3.05, 3.63) is 30.3 Å². The van der Waals surface area contributed by atoms with Crippen LogP contribution in [0, 0.1) is 5.92 Å². The molecule has 3 N–H and O–H groups in total. The number of rotatable bonds is 10. The van der Waals surface area contributed by atoms with E-state index in [2.05, 4.69) is 10.0 Å². The SMILES string of the molecule is CCCC(CNC(=O)CCNS(=O)(=O)c1ccccc1)C(=O)O. The Labute approximate surface area is 136 Å². The lowest BCUT2D eigenvalue weighted by Gasteiger charge is -2.12. The number of sulfonamides is 1. The van der Waals surface area contributed by atoms with Crippen molar-refractivity contribution in [2.24, 2.45) is 5.92 Å². The van der Waals surface area contributed by atoms with Crippen LogP contribution in [0.3, 0.4) is 0 Å². The lowest BCUT2D eigenvalue weighted by Crippen LogP contribution is -2.35. The number of carboxylic acids is 1. The van der Waals surface area contributed by atoms with E-state index in [9.17, 15) is 18.0 Å². The quantitative estimate of drug-likeness (QED) is 0.586. The summed E-state index contributed by atoms with van der Waals surface area (Å²) in [6, 6.07) is 7.86. The first-order valence-electron chi connectivity index (χ1n) is 7.41. The summed E-state index contributed by atoms with van der Waals surface area (Å²) in [5, 5.41) is 11.5. The number of nitrogens with one attached hydrogen (secondary N) is 2. The van der Waals surface area contributed by atoms with Gasteiger partial charge in [0, 0.05) is 19.5 Å². The molecule has 0 spiro atoms. The maximum atomic E-state index is 11.9. The number of aliphatic carboxylic acids is 1. The Morgan fingerprint density at radius 1 is 1.22 bits per heavy atom. The van der Waals surface area contributed by atoms with Crippen molar-refractivity contribution in [1.82, 2.24) is 10.0 Å². The minimum Gasteiger partial charge on any atom is -0.481 e. The monoisotopic (exact) mass is 342 g/mol. The fourth-order valence-corrected chi connectivity index (χ4v) is 3.02. The predicted molar refractivity (Wildman–Crippen MR) is 85.3 cm³/mol. The molecule has 0 fully saturated rings. The second-order valence-corrected chi connectivity index (χ2v) is 6.86. The molecule has 1 aromatic carbocycles. The predicted octanol–water partition coefficient (Wildman–Crippen LogP) is 0.972. The smallest absolute Gasteiger partial charge is 0.308 e. The van der Waals surface area contributed by atoms with E-state index >= 15 is 0 Å². The molecule has 1 unspecified atom stereocenters. The van der Waals surface area contributed by atoms with Crippen LogP contribution in [0.2, 0.25) is 0 Å². The summed E-state index contributed by atoms with van der Waals surface area (Å²) in [5.74, 6) is -1.95. The van der Waals surface area contributed by atoms with Crippen LogP contribution in [-0.2, 0) is 19.6 Å². The molecule has 0 saturated heterocycles. The fourth-order valence-electron chi connectivity index (χ4n) is 1.97. The van der Waals surface area contributed by atoms with Gasteiger partial charge in [-0.25, -0.2) is 13.1 Å². The summed E-state index contributed by atoms with van der Waals surface area (Å²) in [6.45, 7) is 1.87. The van der Waals surface area contributed by atoms with Crippen LogP contribution < -0.4 is 10.0 Å². The maximum absolute atomic E-state index is 11.9. The number of amides is 1. The molecule has 0 heterocycles. The van der Waals surface area contributed by atoms with Gasteiger partial charge in [0.1, 0.15) is 0 Å². The van der Waals surface area contributed by atoms with Gasteiger partial charge in [0.25, 0.3) is 0 Å². The molecule has 0 aliphatic carbocycles. The number of hydrogen-bond donors (Lipinski definition) is 3. The summed E-state index contributed by atoms with van der Waals surface area (Å²) < 4.78 is 26.2. The minimum absolute atomic E-state index is 0.0470. The summed E-state index contributed by atoms with van der Waals surface area (Å²) in [7, 11) is -3.63. The van der Waals surface area contributed by atoms with Crippen molar-refractivity contribution in [2.75, 3.05) is 13.1 Å². The van der Waals surface area contributed by atoms with Crippen LogP contribution in [0.1, 0.15) is 26.2 Å². The largest absolute Gasteiger partial charge is 0.481 e. The molecule has 23 heavy (non-hydrogen) atoms. The first kappa shape index (κ1) is 19.1. The molecule has 1 rings (SSSR count). The topological polar surface area (TPSA) is 113 Å². The summed E-state index contributed by atoms with van der Waals surface area (Å²) in [5.41, 5.74) is 0. The van der Waals surface area contributed by atoms with Crippen LogP contribution in [0.4, 0.5) is 0 Å². The number of benzene rings is 1. The van der Waals surface area contributed by atoms with Crippen LogP contribution in [0.15, 0.2) is 35.2 Å². The van der Waals surface area contributed by atoms with Gasteiger partial charge in [0.05, 0.1) is 10.8 Å². The standard InChI is InChI=1S/C15H22N2O5S/c1-2-6-12(15(19)20)11-16-14(18)9-10-17-23(21,22)13-7-4-3-5-8-13/h3-5,7-8,12,17H,2,6,9-11H2,1H3,(H,16,18)(H,19,20). The highest BCUT2D eigenvalue weighted by molar-refractivity contribution is 7.89. The normalized spacial score (nSPS) is 12.6. The van der Waals surface area contributed by atoms with Crippen LogP contribution in [-0.4, -0.2) is 38.5 Å². The number of carboxylic acid groups (broad SMARTS) is 1. The molecule has 0 aromatic heterocycles. The van der Waals surface area contributed by atoms with Gasteiger partial charge >= 0.3 is 5.97 Å². The molecule has 7 nitrogen and oxygen atoms in total. The second kappa shape index (κ2) is 9.26. The van der Waals surface area contributed by atoms with Crippen molar-refractivity contribution in [3.63, 3.8) is 0 Å². The van der Waals surface area contributed by atoms with Gasteiger partial charge < -0.3 is 10.4 Å². The minimum atomic E-state index is -3.63. The average molecular weight is 342 g/mol. The van der Waals surface area contributed by atoms with Crippen LogP contribution in [0.25, 0.3) is 0 Å². The van der Waals surface area contributed by atoms with Gasteiger partial charge in [-0.2, -0.15) is 0 Å². The van der Waals surface area contributed by atoms with E-state index < -0.39 is 21.9 Å². The van der Waals surface area contributed by atoms with Crippen molar-refractivity contribution >= 4 is 21.9 Å². The van der Waals surface area contributed by atoms with Crippen LogP contribution in [0.5, 0.6) is 0 Å². The van der Waals surface area contributed by atoms with Crippen molar-refractivity contribution < 1.29 is 23.1 Å². The van der Waals surface area contributed by atoms with Gasteiger partial charge in [-0.3, -0.25) is 9.59 Å². The van der Waals surface area contributed by atoms with E-state index in [0.29, 0.717) is 12.8 Å². The van der Waals surface area contributed by atoms with Gasteiger partial charge in [0.2, 0.25) is 15.9 Å². The van der Waals surface area contributed by atoms with Gasteiger partial charge in [0.15, 0.2) is 0 Å². The Bertz CT molecular complexity index is 616. The van der Waals surface area contributed by atoms with Crippen molar-refractivity contribution in [3.8, 4) is 0 Å². The summed E-state index contributed by atoms with van der Waals surface area (Å²) in [6.07, 6.45) is 1.14.